The number of esters is 1. The lowest BCUT2D eigenvalue weighted by atomic mass is 10.1. The Morgan fingerprint density at radius 1 is 1.18 bits per heavy atom. The zero-order chi connectivity index (χ0) is 20.3. The number of thiophene rings is 1. The van der Waals surface area contributed by atoms with Crippen LogP contribution in [0.1, 0.15) is 46.1 Å². The highest BCUT2D eigenvalue weighted by atomic mass is 32.2. The lowest BCUT2D eigenvalue weighted by molar-refractivity contribution is -0.115. The predicted molar refractivity (Wildman–Crippen MR) is 109 cm³/mol. The first-order valence-electron chi connectivity index (χ1n) is 9.22. The molecule has 3 rings (SSSR count). The standard InChI is InChI=1S/C20H23NO5S2/c1-3-26-20(23)18-15-5-4-6-16(15)27-19(18)21-17(22)11-12-28(24,25)14-9-7-13(2)8-10-14/h7-10H,3-6,11-12H2,1-2H3,(H,21,22). The number of aryl methyl sites for hydroxylation is 2. The van der Waals surface area contributed by atoms with Gasteiger partial charge in [-0.15, -0.1) is 11.3 Å². The summed E-state index contributed by atoms with van der Waals surface area (Å²) in [6.07, 6.45) is 2.47. The molecule has 0 unspecified atom stereocenters. The Balaban J connectivity index is 1.70. The monoisotopic (exact) mass is 421 g/mol. The van der Waals surface area contributed by atoms with Crippen LogP contribution >= 0.6 is 11.3 Å². The summed E-state index contributed by atoms with van der Waals surface area (Å²) in [6.45, 7) is 3.87. The van der Waals surface area contributed by atoms with Gasteiger partial charge in [0.05, 0.1) is 22.8 Å². The van der Waals surface area contributed by atoms with Gasteiger partial charge in [0.1, 0.15) is 5.00 Å². The van der Waals surface area contributed by atoms with Crippen LogP contribution in [0.2, 0.25) is 0 Å². The van der Waals surface area contributed by atoms with Crippen molar-refractivity contribution in [1.82, 2.24) is 0 Å². The number of rotatable bonds is 7. The lowest BCUT2D eigenvalue weighted by Gasteiger charge is -2.08. The normalized spacial score (nSPS) is 13.2. The fourth-order valence-electron chi connectivity index (χ4n) is 3.19. The van der Waals surface area contributed by atoms with Crippen molar-refractivity contribution in [3.63, 3.8) is 0 Å². The zero-order valence-electron chi connectivity index (χ0n) is 15.9. The maximum atomic E-state index is 12.4. The van der Waals surface area contributed by atoms with Crippen LogP contribution in [0.5, 0.6) is 0 Å². The van der Waals surface area contributed by atoms with Crippen LogP contribution in [0.15, 0.2) is 29.2 Å². The average molecular weight is 422 g/mol. The molecular formula is C20H23NO5S2. The molecule has 1 heterocycles. The molecule has 2 aromatic rings. The second-order valence-electron chi connectivity index (χ2n) is 6.71. The molecule has 0 saturated carbocycles. The van der Waals surface area contributed by atoms with E-state index in [0.29, 0.717) is 10.6 Å². The molecule has 0 saturated heterocycles. The SMILES string of the molecule is CCOC(=O)c1c(NC(=O)CCS(=O)(=O)c2ccc(C)cc2)sc2c1CCC2. The molecule has 0 radical (unpaired) electrons. The Morgan fingerprint density at radius 3 is 2.57 bits per heavy atom. The molecule has 1 aromatic carbocycles. The molecule has 6 nitrogen and oxygen atoms in total. The third kappa shape index (κ3) is 4.44. The Labute approximate surface area is 168 Å². The van der Waals surface area contributed by atoms with Crippen molar-refractivity contribution < 1.29 is 22.7 Å². The van der Waals surface area contributed by atoms with Crippen molar-refractivity contribution in [3.8, 4) is 0 Å². The molecule has 1 aromatic heterocycles. The van der Waals surface area contributed by atoms with E-state index in [4.69, 9.17) is 4.74 Å². The molecule has 0 spiro atoms. The first kappa shape index (κ1) is 20.5. The van der Waals surface area contributed by atoms with Crippen LogP contribution in [0, 0.1) is 6.92 Å². The van der Waals surface area contributed by atoms with Crippen LogP contribution < -0.4 is 5.32 Å². The number of hydrogen-bond donors (Lipinski definition) is 1. The first-order chi connectivity index (χ1) is 13.3. The molecular weight excluding hydrogens is 398 g/mol. The minimum Gasteiger partial charge on any atom is -0.462 e. The van der Waals surface area contributed by atoms with Gasteiger partial charge in [0.15, 0.2) is 9.84 Å². The average Bonchev–Trinajstić information content (AvgIpc) is 3.21. The molecule has 8 heteroatoms. The van der Waals surface area contributed by atoms with Gasteiger partial charge in [-0.25, -0.2) is 13.2 Å². The van der Waals surface area contributed by atoms with E-state index >= 15 is 0 Å². The summed E-state index contributed by atoms with van der Waals surface area (Å²) >= 11 is 1.38. The number of benzene rings is 1. The highest BCUT2D eigenvalue weighted by Gasteiger charge is 2.28. The number of nitrogens with one attached hydrogen (secondary N) is 1. The van der Waals surface area contributed by atoms with Crippen molar-refractivity contribution in [2.24, 2.45) is 0 Å². The molecule has 0 bridgehead atoms. The summed E-state index contributed by atoms with van der Waals surface area (Å²) in [5.41, 5.74) is 2.34. The summed E-state index contributed by atoms with van der Waals surface area (Å²) in [7, 11) is -3.54. The highest BCUT2D eigenvalue weighted by Crippen LogP contribution is 2.39. The van der Waals surface area contributed by atoms with Gasteiger partial charge in [-0.05, 0) is 50.8 Å². The molecule has 1 aliphatic rings. The van der Waals surface area contributed by atoms with Crippen molar-refractivity contribution >= 4 is 38.1 Å². The Kier molecular flexibility index (Phi) is 6.20. The van der Waals surface area contributed by atoms with Gasteiger partial charge in [0.2, 0.25) is 5.91 Å². The number of carbonyl (C=O) groups excluding carboxylic acids is 2. The van der Waals surface area contributed by atoms with Crippen LogP contribution in [0.3, 0.4) is 0 Å². The maximum Gasteiger partial charge on any atom is 0.341 e. The Hall–Kier alpha value is -2.19. The number of amides is 1. The number of fused-ring (bicyclic) bond motifs is 1. The minimum absolute atomic E-state index is 0.180. The fourth-order valence-corrected chi connectivity index (χ4v) is 5.73. The topological polar surface area (TPSA) is 89.5 Å². The molecule has 1 N–H and O–H groups in total. The molecule has 0 aliphatic heterocycles. The lowest BCUT2D eigenvalue weighted by Crippen LogP contribution is -2.18. The van der Waals surface area contributed by atoms with Gasteiger partial charge in [-0.1, -0.05) is 17.7 Å². The quantitative estimate of drug-likeness (QED) is 0.691. The smallest absolute Gasteiger partial charge is 0.341 e. The van der Waals surface area contributed by atoms with Gasteiger partial charge < -0.3 is 10.1 Å². The van der Waals surface area contributed by atoms with Gasteiger partial charge in [0, 0.05) is 11.3 Å². The molecule has 0 atom stereocenters. The van der Waals surface area contributed by atoms with Crippen LogP contribution in [-0.2, 0) is 32.2 Å². The van der Waals surface area contributed by atoms with E-state index in [2.05, 4.69) is 5.32 Å². The third-order valence-corrected chi connectivity index (χ3v) is 7.57. The summed E-state index contributed by atoms with van der Waals surface area (Å²) in [5, 5.41) is 3.19. The number of hydrogen-bond acceptors (Lipinski definition) is 6. The van der Waals surface area contributed by atoms with E-state index in [1.807, 2.05) is 6.92 Å². The summed E-state index contributed by atoms with van der Waals surface area (Å²) in [4.78, 5) is 26.0. The van der Waals surface area contributed by atoms with Crippen LogP contribution in [0.25, 0.3) is 0 Å². The van der Waals surface area contributed by atoms with Crippen molar-refractivity contribution in [3.05, 3.63) is 45.8 Å². The van der Waals surface area contributed by atoms with Gasteiger partial charge in [-0.3, -0.25) is 4.79 Å². The predicted octanol–water partition coefficient (Wildman–Crippen LogP) is 3.52. The second-order valence-corrected chi connectivity index (χ2v) is 9.93. The van der Waals surface area contributed by atoms with E-state index in [1.54, 1.807) is 31.2 Å². The Bertz CT molecular complexity index is 990. The minimum atomic E-state index is -3.54. The van der Waals surface area contributed by atoms with Crippen molar-refractivity contribution in [1.29, 1.82) is 0 Å². The third-order valence-electron chi connectivity index (χ3n) is 4.63. The largest absolute Gasteiger partial charge is 0.462 e. The van der Waals surface area contributed by atoms with E-state index in [0.717, 1.165) is 35.3 Å². The van der Waals surface area contributed by atoms with Crippen molar-refractivity contribution in [2.75, 3.05) is 17.7 Å². The van der Waals surface area contributed by atoms with Crippen molar-refractivity contribution in [2.45, 2.75) is 44.4 Å². The molecule has 0 fully saturated rings. The Morgan fingerprint density at radius 2 is 1.89 bits per heavy atom. The summed E-state index contributed by atoms with van der Waals surface area (Å²) < 4.78 is 30.0. The number of ether oxygens (including phenoxy) is 1. The molecule has 1 amide bonds. The van der Waals surface area contributed by atoms with E-state index < -0.39 is 21.7 Å². The summed E-state index contributed by atoms with van der Waals surface area (Å²) in [6, 6.07) is 6.55. The number of sulfone groups is 1. The van der Waals surface area contributed by atoms with Crippen LogP contribution in [-0.4, -0.2) is 32.7 Å². The molecule has 28 heavy (non-hydrogen) atoms. The number of anilines is 1. The molecule has 150 valence electrons. The highest BCUT2D eigenvalue weighted by molar-refractivity contribution is 7.91. The first-order valence-corrected chi connectivity index (χ1v) is 11.7. The van der Waals surface area contributed by atoms with Crippen LogP contribution in [0.4, 0.5) is 5.00 Å². The second kappa shape index (κ2) is 8.45. The van der Waals surface area contributed by atoms with Gasteiger partial charge in [0.25, 0.3) is 0 Å². The van der Waals surface area contributed by atoms with E-state index in [-0.39, 0.29) is 23.7 Å². The number of carbonyl (C=O) groups is 2. The zero-order valence-corrected chi connectivity index (χ0v) is 17.5. The van der Waals surface area contributed by atoms with E-state index in [9.17, 15) is 18.0 Å². The van der Waals surface area contributed by atoms with Gasteiger partial charge in [-0.2, -0.15) is 0 Å². The maximum absolute atomic E-state index is 12.4. The molecule has 1 aliphatic carbocycles. The van der Waals surface area contributed by atoms with Gasteiger partial charge >= 0.3 is 5.97 Å². The summed E-state index contributed by atoms with van der Waals surface area (Å²) in [5.74, 6) is -1.16. The van der Waals surface area contributed by atoms with E-state index in [1.165, 1.54) is 11.3 Å². The fraction of sp³-hybridized carbons (Fsp3) is 0.400.